The summed E-state index contributed by atoms with van der Waals surface area (Å²) in [5.41, 5.74) is -2.75. The van der Waals surface area contributed by atoms with Gasteiger partial charge in [-0.05, 0) is 55.4 Å². The number of rotatable bonds is 8. The van der Waals surface area contributed by atoms with Crippen molar-refractivity contribution in [1.29, 1.82) is 0 Å². The fourth-order valence-electron chi connectivity index (χ4n) is 1.95. The largest absolute Gasteiger partial charge is 0.463 e. The van der Waals surface area contributed by atoms with E-state index < -0.39 is 40.8 Å². The van der Waals surface area contributed by atoms with Gasteiger partial charge in [-0.15, -0.1) is 0 Å². The molecule has 0 aromatic carbocycles. The minimum absolute atomic E-state index is 0.0253. The van der Waals surface area contributed by atoms with Crippen molar-refractivity contribution in [3.63, 3.8) is 0 Å². The van der Waals surface area contributed by atoms with Crippen molar-refractivity contribution >= 4 is 12.1 Å². The molecule has 0 aliphatic rings. The molecule has 0 heterocycles. The fourth-order valence-corrected chi connectivity index (χ4v) is 1.95. The van der Waals surface area contributed by atoms with E-state index >= 15 is 0 Å². The number of ether oxygens (including phenoxy) is 4. The van der Waals surface area contributed by atoms with Gasteiger partial charge in [0, 0.05) is 7.11 Å². The molecule has 1 amide bonds. The van der Waals surface area contributed by atoms with Gasteiger partial charge in [0.1, 0.15) is 30.6 Å². The zero-order valence-electron chi connectivity index (χ0n) is 17.5. The van der Waals surface area contributed by atoms with Crippen molar-refractivity contribution in [2.45, 2.75) is 78.7 Å². The molecule has 0 aliphatic carbocycles. The minimum Gasteiger partial charge on any atom is -0.463 e. The van der Waals surface area contributed by atoms with Gasteiger partial charge in [-0.1, -0.05) is 0 Å². The second kappa shape index (κ2) is 9.53. The van der Waals surface area contributed by atoms with Crippen LogP contribution >= 0.6 is 0 Å². The average Bonchev–Trinajstić information content (AvgIpc) is 2.46. The average molecular weight is 377 g/mol. The number of nitrogens with one attached hydrogen (secondary N) is 1. The van der Waals surface area contributed by atoms with Gasteiger partial charge in [-0.3, -0.25) is 4.79 Å². The smallest absolute Gasteiger partial charge is 0.408 e. The van der Waals surface area contributed by atoms with Gasteiger partial charge >= 0.3 is 12.1 Å². The Labute approximate surface area is 156 Å². The Bertz CT molecular complexity index is 467. The monoisotopic (exact) mass is 377 g/mol. The van der Waals surface area contributed by atoms with Crippen LogP contribution in [-0.2, 0) is 23.7 Å². The lowest BCUT2D eigenvalue weighted by Gasteiger charge is -2.38. The summed E-state index contributed by atoms with van der Waals surface area (Å²) >= 11 is 0. The molecule has 0 saturated heterocycles. The number of esters is 1. The van der Waals surface area contributed by atoms with Gasteiger partial charge in [-0.25, -0.2) is 4.79 Å². The molecule has 0 fully saturated rings. The summed E-state index contributed by atoms with van der Waals surface area (Å²) in [5, 5.41) is 13.3. The maximum atomic E-state index is 12.2. The summed E-state index contributed by atoms with van der Waals surface area (Å²) < 4.78 is 20.8. The summed E-state index contributed by atoms with van der Waals surface area (Å²) in [6.45, 7) is 13.2. The standard InChI is InChI=1S/C18H35NO7/c1-12(25-11-23-9)13(20)18(8,10-24-14(21)16(2,3)4)19-15(22)26-17(5,6)7/h12-13,20H,10-11H2,1-9H3,(H,19,22)/t12-,13-,18-/m0/s1. The van der Waals surface area contributed by atoms with E-state index in [9.17, 15) is 14.7 Å². The lowest BCUT2D eigenvalue weighted by Crippen LogP contribution is -2.62. The Kier molecular flexibility index (Phi) is 9.02. The van der Waals surface area contributed by atoms with E-state index in [4.69, 9.17) is 18.9 Å². The lowest BCUT2D eigenvalue weighted by molar-refractivity contribution is -0.162. The van der Waals surface area contributed by atoms with Gasteiger partial charge in [0.25, 0.3) is 0 Å². The molecule has 0 aromatic rings. The highest BCUT2D eigenvalue weighted by Crippen LogP contribution is 2.21. The zero-order chi connectivity index (χ0) is 20.8. The zero-order valence-corrected chi connectivity index (χ0v) is 17.5. The Morgan fingerprint density at radius 3 is 2.04 bits per heavy atom. The van der Waals surface area contributed by atoms with E-state index in [1.165, 1.54) is 7.11 Å². The van der Waals surface area contributed by atoms with Crippen LogP contribution in [0.25, 0.3) is 0 Å². The first-order chi connectivity index (χ1) is 11.6. The third-order valence-corrected chi connectivity index (χ3v) is 3.45. The number of aliphatic hydroxyl groups is 1. The third-order valence-electron chi connectivity index (χ3n) is 3.45. The van der Waals surface area contributed by atoms with Crippen LogP contribution in [0.1, 0.15) is 55.4 Å². The van der Waals surface area contributed by atoms with E-state index in [0.717, 1.165) is 0 Å². The summed E-state index contributed by atoms with van der Waals surface area (Å²) in [5.74, 6) is -0.452. The second-order valence-corrected chi connectivity index (χ2v) is 8.59. The van der Waals surface area contributed by atoms with E-state index in [-0.39, 0.29) is 13.4 Å². The number of hydrogen-bond acceptors (Lipinski definition) is 7. The van der Waals surface area contributed by atoms with Crippen LogP contribution in [0, 0.1) is 5.41 Å². The number of methoxy groups -OCH3 is 1. The van der Waals surface area contributed by atoms with Crippen LogP contribution in [0.5, 0.6) is 0 Å². The summed E-state index contributed by atoms with van der Waals surface area (Å²) in [4.78, 5) is 24.3. The molecule has 0 aliphatic heterocycles. The van der Waals surface area contributed by atoms with Crippen LogP contribution in [0.2, 0.25) is 0 Å². The van der Waals surface area contributed by atoms with Gasteiger partial charge in [0.15, 0.2) is 0 Å². The van der Waals surface area contributed by atoms with Crippen molar-refractivity contribution in [1.82, 2.24) is 5.32 Å². The van der Waals surface area contributed by atoms with E-state index in [2.05, 4.69) is 5.32 Å². The number of aliphatic hydroxyl groups excluding tert-OH is 1. The Hall–Kier alpha value is -1.38. The van der Waals surface area contributed by atoms with Gasteiger partial charge in [0.2, 0.25) is 0 Å². The highest BCUT2D eigenvalue weighted by atomic mass is 16.7. The van der Waals surface area contributed by atoms with Crippen LogP contribution < -0.4 is 5.32 Å². The van der Waals surface area contributed by atoms with Gasteiger partial charge in [-0.2, -0.15) is 0 Å². The number of carbonyl (C=O) groups is 2. The first-order valence-corrected chi connectivity index (χ1v) is 8.59. The lowest BCUT2D eigenvalue weighted by atomic mass is 9.91. The molecule has 0 aromatic heterocycles. The fraction of sp³-hybridized carbons (Fsp3) is 0.889. The van der Waals surface area contributed by atoms with Crippen LogP contribution in [0.4, 0.5) is 4.79 Å². The molecule has 0 rings (SSSR count). The molecule has 0 bridgehead atoms. The van der Waals surface area contributed by atoms with Crippen LogP contribution in [0.15, 0.2) is 0 Å². The summed E-state index contributed by atoms with van der Waals surface area (Å²) in [7, 11) is 1.46. The normalized spacial score (nSPS) is 17.0. The SMILES string of the molecule is COCO[C@@H](C)[C@H](O)[C@](C)(COC(=O)C(C)(C)C)NC(=O)OC(C)(C)C. The highest BCUT2D eigenvalue weighted by molar-refractivity contribution is 5.75. The van der Waals surface area contributed by atoms with Crippen molar-refractivity contribution in [2.75, 3.05) is 20.5 Å². The topological polar surface area (TPSA) is 103 Å². The number of alkyl carbamates (subject to hydrolysis) is 1. The molecule has 26 heavy (non-hydrogen) atoms. The summed E-state index contributed by atoms with van der Waals surface area (Å²) in [6, 6.07) is 0. The van der Waals surface area contributed by atoms with Crippen molar-refractivity contribution in [2.24, 2.45) is 5.41 Å². The van der Waals surface area contributed by atoms with E-state index in [1.807, 2.05) is 0 Å². The number of hydrogen-bond donors (Lipinski definition) is 2. The molecule has 0 spiro atoms. The molecule has 8 heteroatoms. The molecule has 8 nitrogen and oxygen atoms in total. The van der Waals surface area contributed by atoms with Crippen molar-refractivity contribution in [3.05, 3.63) is 0 Å². The molecular formula is C18H35NO7. The van der Waals surface area contributed by atoms with Crippen LogP contribution in [-0.4, -0.2) is 61.0 Å². The maximum Gasteiger partial charge on any atom is 0.408 e. The van der Waals surface area contributed by atoms with E-state index in [1.54, 1.807) is 55.4 Å². The second-order valence-electron chi connectivity index (χ2n) is 8.59. The Balaban J connectivity index is 5.29. The third kappa shape index (κ3) is 8.82. The molecule has 0 radical (unpaired) electrons. The molecule has 0 unspecified atom stereocenters. The maximum absolute atomic E-state index is 12.2. The molecule has 2 N–H and O–H groups in total. The first-order valence-electron chi connectivity index (χ1n) is 8.59. The van der Waals surface area contributed by atoms with E-state index in [0.29, 0.717) is 0 Å². The van der Waals surface area contributed by atoms with Crippen LogP contribution in [0.3, 0.4) is 0 Å². The quantitative estimate of drug-likeness (QED) is 0.494. The molecular weight excluding hydrogens is 342 g/mol. The highest BCUT2D eigenvalue weighted by Gasteiger charge is 2.41. The Morgan fingerprint density at radius 1 is 1.08 bits per heavy atom. The minimum atomic E-state index is -1.32. The van der Waals surface area contributed by atoms with Gasteiger partial charge in [0.05, 0.1) is 11.5 Å². The molecule has 0 saturated carbocycles. The van der Waals surface area contributed by atoms with Crippen molar-refractivity contribution < 1.29 is 33.6 Å². The molecule has 3 atom stereocenters. The Morgan fingerprint density at radius 2 is 1.62 bits per heavy atom. The van der Waals surface area contributed by atoms with Crippen molar-refractivity contribution in [3.8, 4) is 0 Å². The predicted octanol–water partition coefficient (Wildman–Crippen LogP) is 2.23. The first kappa shape index (κ1) is 24.6. The van der Waals surface area contributed by atoms with Gasteiger partial charge < -0.3 is 29.4 Å². The number of carbonyl (C=O) groups excluding carboxylic acids is 2. The molecule has 154 valence electrons. The summed E-state index contributed by atoms with van der Waals surface area (Å²) in [6.07, 6.45) is -2.61. The predicted molar refractivity (Wildman–Crippen MR) is 96.6 cm³/mol. The number of amides is 1.